The lowest BCUT2D eigenvalue weighted by atomic mass is 9.98. The van der Waals surface area contributed by atoms with Gasteiger partial charge in [-0.25, -0.2) is 4.79 Å². The highest BCUT2D eigenvalue weighted by Gasteiger charge is 2.48. The molecule has 0 radical (unpaired) electrons. The van der Waals surface area contributed by atoms with Gasteiger partial charge in [-0.3, -0.25) is 9.59 Å². The van der Waals surface area contributed by atoms with Crippen LogP contribution in [0.1, 0.15) is 56.8 Å². The molecule has 0 spiro atoms. The first kappa shape index (κ1) is 31.3. The van der Waals surface area contributed by atoms with E-state index in [4.69, 9.17) is 9.47 Å². The Morgan fingerprint density at radius 2 is 1.70 bits per heavy atom. The van der Waals surface area contributed by atoms with E-state index in [0.29, 0.717) is 17.0 Å². The molecule has 0 bridgehead atoms. The lowest BCUT2D eigenvalue weighted by Gasteiger charge is -2.35. The highest BCUT2D eigenvalue weighted by atomic mass is 16.6. The fourth-order valence-corrected chi connectivity index (χ4v) is 5.03. The van der Waals surface area contributed by atoms with Crippen LogP contribution in [0.25, 0.3) is 6.08 Å². The fraction of sp³-hybridized carbons (Fsp3) is 0.343. The van der Waals surface area contributed by atoms with E-state index < -0.39 is 23.8 Å². The summed E-state index contributed by atoms with van der Waals surface area (Å²) in [6, 6.07) is 21.8. The number of ether oxygens (including phenoxy) is 2. The molecule has 0 aliphatic heterocycles. The lowest BCUT2D eigenvalue weighted by molar-refractivity contribution is -0.141. The first-order valence-corrected chi connectivity index (χ1v) is 14.5. The number of nitrogens with zero attached hydrogens (tertiary/aromatic N) is 1. The maximum atomic E-state index is 14.6. The molecule has 0 aromatic heterocycles. The third-order valence-electron chi connectivity index (χ3n) is 7.30. The zero-order valence-corrected chi connectivity index (χ0v) is 25.5. The molecule has 4 unspecified atom stereocenters. The van der Waals surface area contributed by atoms with Crippen LogP contribution in [0.5, 0.6) is 5.75 Å². The van der Waals surface area contributed by atoms with Gasteiger partial charge in [0.2, 0.25) is 5.91 Å². The summed E-state index contributed by atoms with van der Waals surface area (Å²) in [7, 11) is 1.58. The van der Waals surface area contributed by atoms with E-state index in [1.54, 1.807) is 63.1 Å². The van der Waals surface area contributed by atoms with Crippen molar-refractivity contribution in [3.05, 3.63) is 102 Å². The van der Waals surface area contributed by atoms with Crippen molar-refractivity contribution in [1.29, 1.82) is 0 Å². The van der Waals surface area contributed by atoms with E-state index in [1.165, 1.54) is 0 Å². The summed E-state index contributed by atoms with van der Waals surface area (Å²) >= 11 is 0. The number of nitrogens with one attached hydrogen (secondary N) is 2. The number of alkyl carbamates (subject to hydrolysis) is 1. The van der Waals surface area contributed by atoms with Crippen LogP contribution >= 0.6 is 0 Å². The van der Waals surface area contributed by atoms with Crippen molar-refractivity contribution < 1.29 is 23.9 Å². The third kappa shape index (κ3) is 8.47. The second-order valence-electron chi connectivity index (χ2n) is 11.9. The Morgan fingerprint density at radius 3 is 2.28 bits per heavy atom. The highest BCUT2D eigenvalue weighted by Crippen LogP contribution is 2.41. The summed E-state index contributed by atoms with van der Waals surface area (Å²) in [4.78, 5) is 43.4. The van der Waals surface area contributed by atoms with E-state index in [9.17, 15) is 14.4 Å². The molecule has 4 rings (SSSR count). The molecule has 226 valence electrons. The van der Waals surface area contributed by atoms with Crippen LogP contribution in [0.2, 0.25) is 0 Å². The number of rotatable bonds is 11. The van der Waals surface area contributed by atoms with Gasteiger partial charge in [-0.1, -0.05) is 68.1 Å². The first-order valence-electron chi connectivity index (χ1n) is 14.5. The number of carbonyl (C=O) groups excluding carboxylic acids is 3. The van der Waals surface area contributed by atoms with Crippen molar-refractivity contribution in [2.75, 3.05) is 12.4 Å². The monoisotopic (exact) mass is 583 g/mol. The minimum absolute atomic E-state index is 0.182. The molecule has 1 fully saturated rings. The average molecular weight is 584 g/mol. The fourth-order valence-electron chi connectivity index (χ4n) is 5.03. The largest absolute Gasteiger partial charge is 0.497 e. The molecular formula is C35H41N3O5. The third-order valence-corrected chi connectivity index (χ3v) is 7.30. The Balaban J connectivity index is 1.75. The maximum absolute atomic E-state index is 14.6. The lowest BCUT2D eigenvalue weighted by Crippen LogP contribution is -2.54. The molecule has 3 amide bonds. The van der Waals surface area contributed by atoms with Gasteiger partial charge in [0.05, 0.1) is 7.11 Å². The van der Waals surface area contributed by atoms with E-state index in [1.807, 2.05) is 54.6 Å². The van der Waals surface area contributed by atoms with Crippen LogP contribution in [0.15, 0.2) is 85.4 Å². The van der Waals surface area contributed by atoms with E-state index in [-0.39, 0.29) is 30.2 Å². The molecule has 4 atom stereocenters. The minimum atomic E-state index is -0.969. The van der Waals surface area contributed by atoms with Crippen LogP contribution in [0.3, 0.4) is 0 Å². The van der Waals surface area contributed by atoms with Crippen LogP contribution in [0, 0.1) is 5.92 Å². The van der Waals surface area contributed by atoms with Crippen molar-refractivity contribution in [2.45, 2.75) is 64.3 Å². The van der Waals surface area contributed by atoms with Crippen molar-refractivity contribution >= 4 is 29.7 Å². The number of carbonyl (C=O) groups is 3. The van der Waals surface area contributed by atoms with E-state index in [0.717, 1.165) is 17.5 Å². The summed E-state index contributed by atoms with van der Waals surface area (Å²) in [5.41, 5.74) is 2.16. The summed E-state index contributed by atoms with van der Waals surface area (Å²) < 4.78 is 10.8. The molecule has 1 saturated carbocycles. The Kier molecular flexibility index (Phi) is 9.91. The molecule has 0 heterocycles. The predicted molar refractivity (Wildman–Crippen MR) is 169 cm³/mol. The van der Waals surface area contributed by atoms with Crippen LogP contribution in [0.4, 0.5) is 10.5 Å². The Labute approximate surface area is 254 Å². The van der Waals surface area contributed by atoms with Gasteiger partial charge < -0.3 is 25.0 Å². The molecule has 2 N–H and O–H groups in total. The van der Waals surface area contributed by atoms with Crippen molar-refractivity contribution in [3.63, 3.8) is 0 Å². The normalized spacial score (nSPS) is 17.1. The topological polar surface area (TPSA) is 97.0 Å². The summed E-state index contributed by atoms with van der Waals surface area (Å²) in [5, 5.41) is 5.81. The number of benzene rings is 3. The van der Waals surface area contributed by atoms with Crippen molar-refractivity contribution in [3.8, 4) is 5.75 Å². The smallest absolute Gasteiger partial charge is 0.408 e. The number of hydrogen-bond acceptors (Lipinski definition) is 5. The SMILES string of the molecule is C=Cc1cccc(C(C(=O)Nc2ccc(OC)cc2)N(C(=O)C(Cc2ccccc2)NC(=O)OC(C)(C)C)C2CC2C)c1. The molecule has 3 aromatic carbocycles. The van der Waals surface area contributed by atoms with E-state index in [2.05, 4.69) is 24.1 Å². The van der Waals surface area contributed by atoms with Gasteiger partial charge in [0.15, 0.2) is 0 Å². The van der Waals surface area contributed by atoms with Gasteiger partial charge >= 0.3 is 6.09 Å². The number of hydrogen-bond donors (Lipinski definition) is 2. The maximum Gasteiger partial charge on any atom is 0.408 e. The molecule has 43 heavy (non-hydrogen) atoms. The van der Waals surface area contributed by atoms with Gasteiger partial charge in [0.25, 0.3) is 5.91 Å². The summed E-state index contributed by atoms with van der Waals surface area (Å²) in [5.74, 6) is 0.119. The average Bonchev–Trinajstić information content (AvgIpc) is 3.70. The molecule has 1 aliphatic carbocycles. The summed E-state index contributed by atoms with van der Waals surface area (Å²) in [6.07, 6.45) is 1.98. The van der Waals surface area contributed by atoms with Crippen molar-refractivity contribution in [2.24, 2.45) is 5.92 Å². The molecule has 8 nitrogen and oxygen atoms in total. The first-order chi connectivity index (χ1) is 20.5. The quantitative estimate of drug-likeness (QED) is 0.273. The van der Waals surface area contributed by atoms with Gasteiger partial charge in [-0.05, 0) is 80.1 Å². The molecule has 3 aromatic rings. The van der Waals surface area contributed by atoms with Gasteiger partial charge in [-0.15, -0.1) is 0 Å². The molecule has 0 saturated heterocycles. The minimum Gasteiger partial charge on any atom is -0.497 e. The second kappa shape index (κ2) is 13.6. The number of anilines is 1. The summed E-state index contributed by atoms with van der Waals surface area (Å²) in [6.45, 7) is 11.2. The van der Waals surface area contributed by atoms with Gasteiger partial charge in [-0.2, -0.15) is 0 Å². The standard InChI is InChI=1S/C35H41N3O5/c1-7-24-14-11-15-26(21-24)31(32(39)36-27-16-18-28(42-6)19-17-27)38(30-20-23(30)2)33(40)29(22-25-12-9-8-10-13-25)37-34(41)43-35(3,4)5/h7-19,21,23,29-31H,1,20,22H2,2-6H3,(H,36,39)(H,37,41). The van der Waals surface area contributed by atoms with Crippen LogP contribution in [-0.2, 0) is 20.7 Å². The van der Waals surface area contributed by atoms with E-state index >= 15 is 0 Å². The van der Waals surface area contributed by atoms with Crippen LogP contribution < -0.4 is 15.4 Å². The predicted octanol–water partition coefficient (Wildman–Crippen LogP) is 6.39. The number of methoxy groups -OCH3 is 1. The highest BCUT2D eigenvalue weighted by molar-refractivity contribution is 5.99. The Morgan fingerprint density at radius 1 is 1.02 bits per heavy atom. The zero-order chi connectivity index (χ0) is 31.1. The van der Waals surface area contributed by atoms with Gasteiger partial charge in [0.1, 0.15) is 23.4 Å². The van der Waals surface area contributed by atoms with Crippen LogP contribution in [-0.4, -0.2) is 47.6 Å². The Hall–Kier alpha value is -4.59. The molecule has 8 heteroatoms. The molecule has 1 aliphatic rings. The zero-order valence-electron chi connectivity index (χ0n) is 25.5. The van der Waals surface area contributed by atoms with Gasteiger partial charge in [0, 0.05) is 18.2 Å². The second-order valence-corrected chi connectivity index (χ2v) is 11.9. The van der Waals surface area contributed by atoms with Crippen molar-refractivity contribution in [1.82, 2.24) is 10.2 Å². The Bertz CT molecular complexity index is 1430. The molecular weight excluding hydrogens is 542 g/mol. The number of amides is 3.